The molecule has 2 aromatic heterocycles. The first-order valence-corrected chi connectivity index (χ1v) is 9.99. The van der Waals surface area contributed by atoms with Crippen LogP contribution in [0.25, 0.3) is 28.1 Å². The minimum atomic E-state index is -0.0949. The van der Waals surface area contributed by atoms with Crippen molar-refractivity contribution in [3.63, 3.8) is 0 Å². The molecule has 1 amide bonds. The molecule has 8 nitrogen and oxygen atoms in total. The van der Waals surface area contributed by atoms with Gasteiger partial charge in [-0.2, -0.15) is 0 Å². The summed E-state index contributed by atoms with van der Waals surface area (Å²) in [5.41, 5.74) is 4.08. The molecule has 0 spiro atoms. The van der Waals surface area contributed by atoms with Crippen LogP contribution in [0.4, 0.5) is 0 Å². The van der Waals surface area contributed by atoms with Gasteiger partial charge in [0.05, 0.1) is 19.9 Å². The second-order valence-corrected chi connectivity index (χ2v) is 7.38. The van der Waals surface area contributed by atoms with Crippen molar-refractivity contribution in [2.75, 3.05) is 14.2 Å². The number of nitrogens with zero attached hydrogens (tertiary/aromatic N) is 4. The topological polar surface area (TPSA) is 91.2 Å². The molecule has 0 saturated heterocycles. The number of rotatable bonds is 6. The number of hydrogen-bond donors (Lipinski definition) is 1. The third-order valence-electron chi connectivity index (χ3n) is 5.29. The molecule has 1 fully saturated rings. The van der Waals surface area contributed by atoms with Crippen LogP contribution >= 0.6 is 0 Å². The van der Waals surface area contributed by atoms with E-state index in [0.29, 0.717) is 33.9 Å². The number of imidazole rings is 1. The Hall–Kier alpha value is -3.94. The summed E-state index contributed by atoms with van der Waals surface area (Å²) in [6.07, 6.45) is 5.24. The molecule has 4 aromatic rings. The first kappa shape index (κ1) is 19.0. The van der Waals surface area contributed by atoms with Crippen LogP contribution in [0.2, 0.25) is 0 Å². The second-order valence-electron chi connectivity index (χ2n) is 7.38. The van der Waals surface area contributed by atoms with E-state index >= 15 is 0 Å². The van der Waals surface area contributed by atoms with E-state index in [0.717, 1.165) is 24.2 Å². The number of nitrogens with one attached hydrogen (secondary N) is 1. The molecule has 5 rings (SSSR count). The van der Waals surface area contributed by atoms with Gasteiger partial charge in [0.15, 0.2) is 5.65 Å². The fourth-order valence-corrected chi connectivity index (χ4v) is 3.51. The first-order valence-electron chi connectivity index (χ1n) is 9.99. The number of aromatic nitrogens is 4. The molecule has 1 N–H and O–H groups in total. The van der Waals surface area contributed by atoms with Gasteiger partial charge in [-0.25, -0.2) is 15.0 Å². The number of carbonyl (C=O) groups excluding carboxylic acids is 1. The second kappa shape index (κ2) is 7.71. The molecule has 2 heterocycles. The van der Waals surface area contributed by atoms with Crippen molar-refractivity contribution in [1.82, 2.24) is 24.8 Å². The van der Waals surface area contributed by atoms with E-state index in [-0.39, 0.29) is 11.9 Å². The molecule has 1 saturated carbocycles. The zero-order valence-electron chi connectivity index (χ0n) is 17.2. The standard InChI is InChI=1S/C23H21N5O3/c1-30-17-5-3-4-14(10-17)20-21-22(25-12-24-20)28(13-26-21)18-11-15(6-9-19(18)31-2)23(29)27-16-7-8-16/h3-6,9-13,16H,7-8H2,1-2H3,(H,27,29). The summed E-state index contributed by atoms with van der Waals surface area (Å²) in [5, 5.41) is 3.02. The molecule has 0 aliphatic heterocycles. The van der Waals surface area contributed by atoms with Crippen LogP contribution < -0.4 is 14.8 Å². The molecule has 0 atom stereocenters. The highest BCUT2D eigenvalue weighted by molar-refractivity contribution is 5.96. The summed E-state index contributed by atoms with van der Waals surface area (Å²) >= 11 is 0. The fraction of sp³-hybridized carbons (Fsp3) is 0.217. The van der Waals surface area contributed by atoms with Gasteiger partial charge in [0.2, 0.25) is 0 Å². The van der Waals surface area contributed by atoms with E-state index in [1.165, 1.54) is 6.33 Å². The number of carbonyl (C=O) groups is 1. The predicted octanol–water partition coefficient (Wildman–Crippen LogP) is 3.39. The number of methoxy groups -OCH3 is 2. The molecule has 0 bridgehead atoms. The average molecular weight is 415 g/mol. The fourth-order valence-electron chi connectivity index (χ4n) is 3.51. The minimum absolute atomic E-state index is 0.0949. The van der Waals surface area contributed by atoms with E-state index < -0.39 is 0 Å². The highest BCUT2D eigenvalue weighted by Gasteiger charge is 2.24. The average Bonchev–Trinajstić information content (AvgIpc) is 3.53. The molecule has 156 valence electrons. The normalized spacial score (nSPS) is 13.2. The minimum Gasteiger partial charge on any atom is -0.497 e. The summed E-state index contributed by atoms with van der Waals surface area (Å²) in [7, 11) is 3.22. The first-order chi connectivity index (χ1) is 15.2. The van der Waals surface area contributed by atoms with E-state index in [9.17, 15) is 4.79 Å². The van der Waals surface area contributed by atoms with Crippen molar-refractivity contribution >= 4 is 17.1 Å². The van der Waals surface area contributed by atoms with E-state index in [2.05, 4.69) is 20.3 Å². The van der Waals surface area contributed by atoms with Crippen molar-refractivity contribution in [1.29, 1.82) is 0 Å². The Labute approximate surface area is 178 Å². The smallest absolute Gasteiger partial charge is 0.251 e. The lowest BCUT2D eigenvalue weighted by Crippen LogP contribution is -2.25. The molecule has 2 aromatic carbocycles. The summed E-state index contributed by atoms with van der Waals surface area (Å²) in [5.74, 6) is 1.26. The Morgan fingerprint density at radius 3 is 2.71 bits per heavy atom. The highest BCUT2D eigenvalue weighted by Crippen LogP contribution is 2.31. The SMILES string of the molecule is COc1cccc(-c2ncnc3c2ncn3-c2cc(C(=O)NC3CC3)ccc2OC)c1. The Bertz CT molecular complexity index is 1280. The molecule has 8 heteroatoms. The van der Waals surface area contributed by atoms with Gasteiger partial charge in [0.1, 0.15) is 35.4 Å². The maximum absolute atomic E-state index is 12.6. The van der Waals surface area contributed by atoms with Gasteiger partial charge in [-0.3, -0.25) is 9.36 Å². The van der Waals surface area contributed by atoms with Crippen molar-refractivity contribution in [2.24, 2.45) is 0 Å². The number of ether oxygens (including phenoxy) is 2. The number of hydrogen-bond acceptors (Lipinski definition) is 6. The van der Waals surface area contributed by atoms with Gasteiger partial charge in [0.25, 0.3) is 5.91 Å². The summed E-state index contributed by atoms with van der Waals surface area (Å²) in [6, 6.07) is 13.3. The van der Waals surface area contributed by atoms with Gasteiger partial charge >= 0.3 is 0 Å². The Kier molecular flexibility index (Phi) is 4.74. The van der Waals surface area contributed by atoms with Crippen molar-refractivity contribution in [2.45, 2.75) is 18.9 Å². The number of fused-ring (bicyclic) bond motifs is 1. The van der Waals surface area contributed by atoms with Gasteiger partial charge < -0.3 is 14.8 Å². The lowest BCUT2D eigenvalue weighted by Gasteiger charge is -2.12. The molecular weight excluding hydrogens is 394 g/mol. The summed E-state index contributed by atoms with van der Waals surface area (Å²) < 4.78 is 12.7. The maximum atomic E-state index is 12.6. The molecule has 31 heavy (non-hydrogen) atoms. The van der Waals surface area contributed by atoms with Crippen molar-refractivity contribution in [3.8, 4) is 28.4 Å². The monoisotopic (exact) mass is 415 g/mol. The van der Waals surface area contributed by atoms with Crippen LogP contribution in [0.3, 0.4) is 0 Å². The van der Waals surface area contributed by atoms with Crippen LogP contribution in [0.1, 0.15) is 23.2 Å². The number of amides is 1. The largest absolute Gasteiger partial charge is 0.497 e. The Morgan fingerprint density at radius 2 is 1.94 bits per heavy atom. The molecule has 0 unspecified atom stereocenters. The molecule has 1 aliphatic rings. The zero-order chi connectivity index (χ0) is 21.4. The van der Waals surface area contributed by atoms with Crippen molar-refractivity contribution in [3.05, 3.63) is 60.7 Å². The quantitative estimate of drug-likeness (QED) is 0.519. The van der Waals surface area contributed by atoms with Crippen LogP contribution in [0, 0.1) is 0 Å². The van der Waals surface area contributed by atoms with E-state index in [1.54, 1.807) is 38.7 Å². The van der Waals surface area contributed by atoms with Crippen LogP contribution in [0.15, 0.2) is 55.1 Å². The highest BCUT2D eigenvalue weighted by atomic mass is 16.5. The maximum Gasteiger partial charge on any atom is 0.251 e. The molecule has 1 aliphatic carbocycles. The van der Waals surface area contributed by atoms with E-state index in [1.807, 2.05) is 28.8 Å². The van der Waals surface area contributed by atoms with Gasteiger partial charge in [0, 0.05) is 17.2 Å². The number of benzene rings is 2. The predicted molar refractivity (Wildman–Crippen MR) is 116 cm³/mol. The lowest BCUT2D eigenvalue weighted by molar-refractivity contribution is 0.0951. The lowest BCUT2D eigenvalue weighted by atomic mass is 10.1. The zero-order valence-corrected chi connectivity index (χ0v) is 17.2. The van der Waals surface area contributed by atoms with Gasteiger partial charge in [-0.05, 0) is 43.2 Å². The third kappa shape index (κ3) is 3.56. The van der Waals surface area contributed by atoms with Gasteiger partial charge in [-0.15, -0.1) is 0 Å². The molecule has 0 radical (unpaired) electrons. The summed E-state index contributed by atoms with van der Waals surface area (Å²) in [6.45, 7) is 0. The van der Waals surface area contributed by atoms with Crippen LogP contribution in [-0.2, 0) is 0 Å². The van der Waals surface area contributed by atoms with Gasteiger partial charge in [-0.1, -0.05) is 12.1 Å². The third-order valence-corrected chi connectivity index (χ3v) is 5.29. The van der Waals surface area contributed by atoms with E-state index in [4.69, 9.17) is 9.47 Å². The van der Waals surface area contributed by atoms with Crippen LogP contribution in [0.5, 0.6) is 11.5 Å². The Balaban J connectivity index is 1.61. The Morgan fingerprint density at radius 1 is 1.06 bits per heavy atom. The summed E-state index contributed by atoms with van der Waals surface area (Å²) in [4.78, 5) is 26.0. The van der Waals surface area contributed by atoms with Crippen LogP contribution in [-0.4, -0.2) is 45.7 Å². The van der Waals surface area contributed by atoms with Crippen molar-refractivity contribution < 1.29 is 14.3 Å². The molecular formula is C23H21N5O3.